The van der Waals surface area contributed by atoms with Crippen molar-refractivity contribution in [3.63, 3.8) is 0 Å². The Balaban J connectivity index is 1.67. The number of hydrogen-bond acceptors (Lipinski definition) is 8. The lowest BCUT2D eigenvalue weighted by atomic mass is 9.99. The van der Waals surface area contributed by atoms with Gasteiger partial charge < -0.3 is 24.3 Å². The predicted molar refractivity (Wildman–Crippen MR) is 178 cm³/mol. The Hall–Kier alpha value is -5.36. The van der Waals surface area contributed by atoms with Crippen LogP contribution in [0.4, 0.5) is 20.4 Å². The topological polar surface area (TPSA) is 104 Å². The maximum atomic E-state index is 15.7. The number of allylic oxidation sites excluding steroid dienone is 1. The van der Waals surface area contributed by atoms with Crippen LogP contribution >= 0.6 is 0 Å². The Labute approximate surface area is 270 Å². The number of aromatic nitrogens is 4. The minimum Gasteiger partial charge on any atom is -0.494 e. The van der Waals surface area contributed by atoms with Gasteiger partial charge in [-0.2, -0.15) is 5.10 Å². The number of aryl methyl sites for hydroxylation is 1. The number of methoxy groups -OCH3 is 2. The lowest BCUT2D eigenvalue weighted by Crippen LogP contribution is -2.26. The van der Waals surface area contributed by atoms with Gasteiger partial charge in [-0.05, 0) is 44.3 Å². The average Bonchev–Trinajstić information content (AvgIpc) is 3.45. The van der Waals surface area contributed by atoms with Crippen molar-refractivity contribution in [2.45, 2.75) is 19.4 Å². The monoisotopic (exact) mass is 642 g/mol. The number of fused-ring (bicyclic) bond motifs is 1. The van der Waals surface area contributed by atoms with Crippen LogP contribution in [-0.2, 0) is 18.3 Å². The summed E-state index contributed by atoms with van der Waals surface area (Å²) in [6, 6.07) is 12.7. The molecule has 0 aliphatic carbocycles. The number of ether oxygens (including phenoxy) is 2. The number of anilines is 2. The minimum atomic E-state index is -1.04. The molecule has 0 amide bonds. The van der Waals surface area contributed by atoms with E-state index >= 15 is 8.78 Å². The van der Waals surface area contributed by atoms with Gasteiger partial charge in [0.2, 0.25) is 0 Å². The van der Waals surface area contributed by atoms with E-state index in [0.717, 1.165) is 11.6 Å². The molecule has 3 heterocycles. The molecule has 47 heavy (non-hydrogen) atoms. The van der Waals surface area contributed by atoms with Crippen LogP contribution < -0.4 is 20.3 Å². The highest BCUT2D eigenvalue weighted by Gasteiger charge is 2.26. The van der Waals surface area contributed by atoms with Crippen molar-refractivity contribution in [1.29, 1.82) is 0 Å². The average molecular weight is 643 g/mol. The van der Waals surface area contributed by atoms with Crippen LogP contribution in [0.15, 0.2) is 77.9 Å². The molecule has 0 saturated carbocycles. The van der Waals surface area contributed by atoms with Crippen molar-refractivity contribution < 1.29 is 23.0 Å². The summed E-state index contributed by atoms with van der Waals surface area (Å²) >= 11 is 0. The Morgan fingerprint density at radius 3 is 2.40 bits per heavy atom. The molecule has 5 aromatic rings. The number of carbonyl (C=O) groups is 1. The summed E-state index contributed by atoms with van der Waals surface area (Å²) in [7, 11) is 8.11. The largest absolute Gasteiger partial charge is 0.494 e. The molecule has 0 aliphatic heterocycles. The van der Waals surface area contributed by atoms with E-state index in [-0.39, 0.29) is 29.3 Å². The van der Waals surface area contributed by atoms with Gasteiger partial charge in [-0.25, -0.2) is 13.8 Å². The molecule has 0 saturated heterocycles. The molecule has 12 heteroatoms. The van der Waals surface area contributed by atoms with Crippen LogP contribution in [0.25, 0.3) is 22.0 Å². The molecule has 0 fully saturated rings. The highest BCUT2D eigenvalue weighted by atomic mass is 19.1. The molecule has 0 bridgehead atoms. The molecule has 0 radical (unpaired) electrons. The van der Waals surface area contributed by atoms with E-state index in [1.165, 1.54) is 31.0 Å². The fourth-order valence-electron chi connectivity index (χ4n) is 5.37. The number of rotatable bonds is 12. The third-order valence-electron chi connectivity index (χ3n) is 7.71. The van der Waals surface area contributed by atoms with Crippen LogP contribution in [0.1, 0.15) is 24.1 Å². The van der Waals surface area contributed by atoms with Crippen molar-refractivity contribution in [3.05, 3.63) is 106 Å². The number of nitrogens with zero attached hydrogens (tertiary/aromatic N) is 5. The van der Waals surface area contributed by atoms with E-state index in [9.17, 15) is 9.59 Å². The zero-order valence-corrected chi connectivity index (χ0v) is 27.0. The maximum Gasteiger partial charge on any atom is 0.259 e. The van der Waals surface area contributed by atoms with Gasteiger partial charge in [-0.1, -0.05) is 30.3 Å². The first-order valence-corrected chi connectivity index (χ1v) is 14.9. The number of ketones is 1. The van der Waals surface area contributed by atoms with E-state index < -0.39 is 28.8 Å². The number of halogens is 2. The summed E-state index contributed by atoms with van der Waals surface area (Å²) in [5, 5.41) is 7.92. The molecule has 1 N–H and O–H groups in total. The van der Waals surface area contributed by atoms with Gasteiger partial charge in [0, 0.05) is 56.0 Å². The molecule has 0 aliphatic rings. The standard InChI is InChI=1S/C35H36F2N6O4/c1-21(23-10-7-9-22(15-23)16-25(44)11-8-13-41(2)3)43-27-18-31(39-30-12-14-42(4)40-30)38-20-24(27)17-26(35(43)45)32-33(36)28(46-5)19-29(47-6)34(32)37/h7-12,14-15,17-21H,13,16H2,1-6H3,(H,38,39,40)/b11-8+. The molecule has 10 nitrogen and oxygen atoms in total. The molecule has 1 unspecified atom stereocenters. The summed E-state index contributed by atoms with van der Waals surface area (Å²) in [6.45, 7) is 2.45. The first-order valence-electron chi connectivity index (χ1n) is 14.9. The highest BCUT2D eigenvalue weighted by Crippen LogP contribution is 2.38. The van der Waals surface area contributed by atoms with Crippen LogP contribution in [-0.4, -0.2) is 64.9 Å². The first kappa shape index (κ1) is 33.0. The van der Waals surface area contributed by atoms with Gasteiger partial charge in [0.05, 0.1) is 36.9 Å². The molecule has 2 aromatic carbocycles. The SMILES string of the molecule is COc1cc(OC)c(F)c(-c2cc3cnc(Nc4ccn(C)n4)cc3n(C(C)c3cccc(CC(=O)/C=C/CN(C)C)c3)c2=O)c1F. The number of hydrogen-bond donors (Lipinski definition) is 1. The summed E-state index contributed by atoms with van der Waals surface area (Å²) in [6.07, 6.45) is 6.83. The Kier molecular flexibility index (Phi) is 9.80. The van der Waals surface area contributed by atoms with Gasteiger partial charge in [0.25, 0.3) is 5.56 Å². The number of nitrogens with one attached hydrogen (secondary N) is 1. The lowest BCUT2D eigenvalue weighted by Gasteiger charge is -2.22. The van der Waals surface area contributed by atoms with Crippen LogP contribution in [0.2, 0.25) is 0 Å². The van der Waals surface area contributed by atoms with Crippen molar-refractivity contribution in [2.24, 2.45) is 7.05 Å². The predicted octanol–water partition coefficient (Wildman–Crippen LogP) is 5.67. The normalized spacial score (nSPS) is 12.2. The van der Waals surface area contributed by atoms with Crippen molar-refractivity contribution in [2.75, 3.05) is 40.2 Å². The van der Waals surface area contributed by atoms with Crippen molar-refractivity contribution >= 4 is 28.3 Å². The van der Waals surface area contributed by atoms with Crippen LogP contribution in [0.3, 0.4) is 0 Å². The number of carbonyl (C=O) groups excluding carboxylic acids is 1. The van der Waals surface area contributed by atoms with E-state index in [1.807, 2.05) is 56.3 Å². The van der Waals surface area contributed by atoms with Gasteiger partial charge in [-0.3, -0.25) is 14.3 Å². The third kappa shape index (κ3) is 7.07. The lowest BCUT2D eigenvalue weighted by molar-refractivity contribution is -0.114. The Bertz CT molecular complexity index is 2010. The summed E-state index contributed by atoms with van der Waals surface area (Å²) in [4.78, 5) is 33.5. The number of likely N-dealkylation sites (N-methyl/N-ethyl adjacent to an activating group) is 1. The zero-order valence-electron chi connectivity index (χ0n) is 27.0. The fourth-order valence-corrected chi connectivity index (χ4v) is 5.37. The molecule has 3 aromatic heterocycles. The van der Waals surface area contributed by atoms with E-state index in [1.54, 1.807) is 36.1 Å². The molecular weight excluding hydrogens is 606 g/mol. The zero-order chi connectivity index (χ0) is 33.8. The smallest absolute Gasteiger partial charge is 0.259 e. The second kappa shape index (κ2) is 14.0. The Morgan fingerprint density at radius 2 is 1.77 bits per heavy atom. The fraction of sp³-hybridized carbons (Fsp3) is 0.257. The molecule has 244 valence electrons. The molecule has 1 atom stereocenters. The Morgan fingerprint density at radius 1 is 1.04 bits per heavy atom. The van der Waals surface area contributed by atoms with Crippen LogP contribution in [0.5, 0.6) is 11.5 Å². The quantitative estimate of drug-likeness (QED) is 0.174. The van der Waals surface area contributed by atoms with Gasteiger partial charge in [0.1, 0.15) is 5.82 Å². The number of pyridine rings is 2. The van der Waals surface area contributed by atoms with Gasteiger partial charge >= 0.3 is 0 Å². The van der Waals surface area contributed by atoms with Gasteiger partial charge in [0.15, 0.2) is 34.7 Å². The first-order chi connectivity index (χ1) is 22.5. The molecule has 0 spiro atoms. The van der Waals surface area contributed by atoms with Crippen molar-refractivity contribution in [3.8, 4) is 22.6 Å². The van der Waals surface area contributed by atoms with Crippen molar-refractivity contribution in [1.82, 2.24) is 24.2 Å². The third-order valence-corrected chi connectivity index (χ3v) is 7.71. The summed E-state index contributed by atoms with van der Waals surface area (Å²) < 4.78 is 44.9. The number of benzene rings is 2. The molecular formula is C35H36F2N6O4. The second-order valence-electron chi connectivity index (χ2n) is 11.4. The van der Waals surface area contributed by atoms with E-state index in [2.05, 4.69) is 15.4 Å². The minimum absolute atomic E-state index is 0.0597. The highest BCUT2D eigenvalue weighted by molar-refractivity contribution is 5.91. The van der Waals surface area contributed by atoms with E-state index in [0.29, 0.717) is 34.6 Å². The van der Waals surface area contributed by atoms with E-state index in [4.69, 9.17) is 9.47 Å². The second-order valence-corrected chi connectivity index (χ2v) is 11.4. The summed E-state index contributed by atoms with van der Waals surface area (Å²) in [5.74, 6) is -1.73. The maximum absolute atomic E-state index is 15.7. The van der Waals surface area contributed by atoms with Crippen LogP contribution in [0, 0.1) is 11.6 Å². The van der Waals surface area contributed by atoms with Gasteiger partial charge in [-0.15, -0.1) is 0 Å². The molecule has 5 rings (SSSR count). The summed E-state index contributed by atoms with van der Waals surface area (Å²) in [5.41, 5.74) is 0.476.